The van der Waals surface area contributed by atoms with Crippen LogP contribution in [-0.2, 0) is 4.79 Å². The number of ether oxygens (including phenoxy) is 2. The number of methoxy groups -OCH3 is 2. The Hall–Kier alpha value is -3.19. The maximum Gasteiger partial charge on any atom is 0.250 e. The van der Waals surface area contributed by atoms with Crippen LogP contribution in [0.5, 0.6) is 11.5 Å². The van der Waals surface area contributed by atoms with E-state index in [1.54, 1.807) is 49.9 Å². The van der Waals surface area contributed by atoms with Gasteiger partial charge in [-0.1, -0.05) is 6.07 Å². The van der Waals surface area contributed by atoms with Gasteiger partial charge in [-0.05, 0) is 48.0 Å². The standard InChI is InChI=1S/C20H17FN2O3S/c1-25-17-9-3-13(11-18(17)26-2)4-10-19(24)23-20-22-16(12-27-20)14-5-7-15(21)8-6-14/h3-12H,1-2H3,(H,22,23,24)/b10-4+. The summed E-state index contributed by atoms with van der Waals surface area (Å²) >= 11 is 1.30. The van der Waals surface area contributed by atoms with Gasteiger partial charge in [0.15, 0.2) is 16.6 Å². The maximum absolute atomic E-state index is 13.0. The van der Waals surface area contributed by atoms with Crippen molar-refractivity contribution in [3.8, 4) is 22.8 Å². The lowest BCUT2D eigenvalue weighted by Crippen LogP contribution is -2.07. The summed E-state index contributed by atoms with van der Waals surface area (Å²) in [5, 5.41) is 4.99. The minimum absolute atomic E-state index is 0.301. The molecule has 1 aromatic heterocycles. The van der Waals surface area contributed by atoms with Crippen LogP contribution >= 0.6 is 11.3 Å². The maximum atomic E-state index is 13.0. The lowest BCUT2D eigenvalue weighted by Gasteiger charge is -2.07. The molecule has 0 spiro atoms. The number of carbonyl (C=O) groups excluding carboxylic acids is 1. The van der Waals surface area contributed by atoms with E-state index in [-0.39, 0.29) is 11.7 Å². The largest absolute Gasteiger partial charge is 0.493 e. The number of halogens is 1. The van der Waals surface area contributed by atoms with Crippen LogP contribution in [0.3, 0.4) is 0 Å². The first kappa shape index (κ1) is 18.6. The van der Waals surface area contributed by atoms with Crippen LogP contribution in [0.2, 0.25) is 0 Å². The highest BCUT2D eigenvalue weighted by atomic mass is 32.1. The smallest absolute Gasteiger partial charge is 0.250 e. The van der Waals surface area contributed by atoms with Gasteiger partial charge in [-0.25, -0.2) is 9.37 Å². The van der Waals surface area contributed by atoms with Crippen molar-refractivity contribution in [2.45, 2.75) is 0 Å². The molecule has 0 radical (unpaired) electrons. The minimum atomic E-state index is -0.303. The summed E-state index contributed by atoms with van der Waals surface area (Å²) in [5.74, 6) is 0.603. The number of hydrogen-bond acceptors (Lipinski definition) is 5. The fourth-order valence-corrected chi connectivity index (χ4v) is 3.08. The van der Waals surface area contributed by atoms with E-state index in [9.17, 15) is 9.18 Å². The van der Waals surface area contributed by atoms with Crippen LogP contribution in [0, 0.1) is 5.82 Å². The Morgan fingerprint density at radius 2 is 1.85 bits per heavy atom. The third-order valence-electron chi connectivity index (χ3n) is 3.71. The molecule has 0 saturated heterocycles. The van der Waals surface area contributed by atoms with Gasteiger partial charge in [-0.2, -0.15) is 0 Å². The van der Waals surface area contributed by atoms with E-state index in [1.165, 1.54) is 29.5 Å². The van der Waals surface area contributed by atoms with E-state index in [0.29, 0.717) is 22.3 Å². The molecule has 1 amide bonds. The molecule has 1 N–H and O–H groups in total. The summed E-state index contributed by atoms with van der Waals surface area (Å²) in [5.41, 5.74) is 2.27. The van der Waals surface area contributed by atoms with Crippen LogP contribution in [0.1, 0.15) is 5.56 Å². The van der Waals surface area contributed by atoms with Gasteiger partial charge in [-0.3, -0.25) is 10.1 Å². The molecule has 0 unspecified atom stereocenters. The van der Waals surface area contributed by atoms with Gasteiger partial charge in [0.25, 0.3) is 0 Å². The Morgan fingerprint density at radius 3 is 2.56 bits per heavy atom. The van der Waals surface area contributed by atoms with Gasteiger partial charge in [0.1, 0.15) is 5.82 Å². The highest BCUT2D eigenvalue weighted by molar-refractivity contribution is 7.14. The molecule has 3 aromatic rings. The van der Waals surface area contributed by atoms with Crippen molar-refractivity contribution >= 4 is 28.5 Å². The van der Waals surface area contributed by atoms with Crippen LogP contribution in [0.25, 0.3) is 17.3 Å². The van der Waals surface area contributed by atoms with Crippen LogP contribution < -0.4 is 14.8 Å². The molecule has 0 bridgehead atoms. The number of aromatic nitrogens is 1. The number of rotatable bonds is 6. The number of nitrogens with zero attached hydrogens (tertiary/aromatic N) is 1. The Labute approximate surface area is 160 Å². The van der Waals surface area contributed by atoms with E-state index >= 15 is 0 Å². The molecule has 1 heterocycles. The molecule has 2 aromatic carbocycles. The second-order valence-corrected chi connectivity index (χ2v) is 6.34. The molecule has 0 aliphatic rings. The van der Waals surface area contributed by atoms with Crippen LogP contribution in [-0.4, -0.2) is 25.1 Å². The highest BCUT2D eigenvalue weighted by Crippen LogP contribution is 2.28. The van der Waals surface area contributed by atoms with Crippen molar-refractivity contribution < 1.29 is 18.7 Å². The molecule has 138 valence electrons. The summed E-state index contributed by atoms with van der Waals surface area (Å²) in [7, 11) is 3.12. The predicted molar refractivity (Wildman–Crippen MR) is 105 cm³/mol. The topological polar surface area (TPSA) is 60.5 Å². The fraction of sp³-hybridized carbons (Fsp3) is 0.100. The number of thiazole rings is 1. The predicted octanol–water partition coefficient (Wildman–Crippen LogP) is 4.62. The van der Waals surface area contributed by atoms with Gasteiger partial charge < -0.3 is 9.47 Å². The molecule has 0 atom stereocenters. The number of amides is 1. The summed E-state index contributed by atoms with van der Waals surface area (Å²) < 4.78 is 23.4. The van der Waals surface area contributed by atoms with E-state index in [4.69, 9.17) is 9.47 Å². The summed E-state index contributed by atoms with van der Waals surface area (Å²) in [6.45, 7) is 0. The SMILES string of the molecule is COc1ccc(/C=C/C(=O)Nc2nc(-c3ccc(F)cc3)cs2)cc1OC. The Kier molecular flexibility index (Phi) is 5.83. The van der Waals surface area contributed by atoms with Crippen LogP contribution in [0.15, 0.2) is 53.9 Å². The van der Waals surface area contributed by atoms with E-state index in [2.05, 4.69) is 10.3 Å². The lowest BCUT2D eigenvalue weighted by atomic mass is 10.2. The first-order valence-electron chi connectivity index (χ1n) is 8.01. The second-order valence-electron chi connectivity index (χ2n) is 5.48. The molecule has 0 saturated carbocycles. The van der Waals surface area contributed by atoms with Gasteiger partial charge in [0.05, 0.1) is 19.9 Å². The van der Waals surface area contributed by atoms with Gasteiger partial charge >= 0.3 is 0 Å². The Bertz CT molecular complexity index is 968. The van der Waals surface area contributed by atoms with Crippen molar-refractivity contribution in [3.05, 3.63) is 65.3 Å². The fourth-order valence-electron chi connectivity index (χ4n) is 2.36. The highest BCUT2D eigenvalue weighted by Gasteiger charge is 2.07. The van der Waals surface area contributed by atoms with Crippen molar-refractivity contribution in [2.24, 2.45) is 0 Å². The third kappa shape index (κ3) is 4.71. The second kappa shape index (κ2) is 8.46. The van der Waals surface area contributed by atoms with Crippen molar-refractivity contribution in [1.82, 2.24) is 4.98 Å². The van der Waals surface area contributed by atoms with Gasteiger partial charge in [-0.15, -0.1) is 11.3 Å². The van der Waals surface area contributed by atoms with E-state index < -0.39 is 0 Å². The van der Waals surface area contributed by atoms with E-state index in [1.807, 2.05) is 6.07 Å². The molecule has 3 rings (SSSR count). The summed E-state index contributed by atoms with van der Waals surface area (Å²) in [6, 6.07) is 11.4. The third-order valence-corrected chi connectivity index (χ3v) is 4.47. The minimum Gasteiger partial charge on any atom is -0.493 e. The summed E-state index contributed by atoms with van der Waals surface area (Å²) in [4.78, 5) is 16.5. The number of anilines is 1. The zero-order valence-corrected chi connectivity index (χ0v) is 15.5. The molecule has 5 nitrogen and oxygen atoms in total. The van der Waals surface area contributed by atoms with Crippen molar-refractivity contribution in [2.75, 3.05) is 19.5 Å². The number of nitrogens with one attached hydrogen (secondary N) is 1. The number of benzene rings is 2. The summed E-state index contributed by atoms with van der Waals surface area (Å²) in [6.07, 6.45) is 3.09. The zero-order chi connectivity index (χ0) is 19.2. The van der Waals surface area contributed by atoms with Crippen molar-refractivity contribution in [3.63, 3.8) is 0 Å². The van der Waals surface area contributed by atoms with Crippen LogP contribution in [0.4, 0.5) is 9.52 Å². The number of hydrogen-bond donors (Lipinski definition) is 1. The van der Waals surface area contributed by atoms with Gasteiger partial charge in [0, 0.05) is 17.0 Å². The lowest BCUT2D eigenvalue weighted by molar-refractivity contribution is -0.111. The average molecular weight is 384 g/mol. The molecule has 0 aliphatic carbocycles. The van der Waals surface area contributed by atoms with Gasteiger partial charge in [0.2, 0.25) is 5.91 Å². The monoisotopic (exact) mass is 384 g/mol. The Balaban J connectivity index is 1.66. The van der Waals surface area contributed by atoms with E-state index in [0.717, 1.165) is 11.1 Å². The molecule has 0 fully saturated rings. The Morgan fingerprint density at radius 1 is 1.11 bits per heavy atom. The average Bonchev–Trinajstić information content (AvgIpc) is 3.15. The number of carbonyl (C=O) groups is 1. The quantitative estimate of drug-likeness (QED) is 0.630. The molecule has 0 aliphatic heterocycles. The van der Waals surface area contributed by atoms with Crippen molar-refractivity contribution in [1.29, 1.82) is 0 Å². The normalized spacial score (nSPS) is 10.8. The molecular formula is C20H17FN2O3S. The first-order chi connectivity index (χ1) is 13.1. The molecule has 7 heteroatoms. The molecular weight excluding hydrogens is 367 g/mol. The first-order valence-corrected chi connectivity index (χ1v) is 8.89. The zero-order valence-electron chi connectivity index (χ0n) is 14.7. The molecule has 27 heavy (non-hydrogen) atoms.